The average molecular weight is 295 g/mol. The van der Waals surface area contributed by atoms with Gasteiger partial charge in [-0.3, -0.25) is 4.79 Å². The molecule has 0 aliphatic heterocycles. The molecule has 1 atom stereocenters. The number of benzene rings is 1. The first-order chi connectivity index (χ1) is 9.05. The van der Waals surface area contributed by atoms with E-state index in [-0.39, 0.29) is 5.91 Å². The Hall–Kier alpha value is -1.39. The highest BCUT2D eigenvalue weighted by Crippen LogP contribution is 2.26. The van der Waals surface area contributed by atoms with E-state index in [0.29, 0.717) is 10.6 Å². The Morgan fingerprint density at radius 2 is 2.11 bits per heavy atom. The van der Waals surface area contributed by atoms with Gasteiger partial charge in [-0.1, -0.05) is 18.5 Å². The Bertz CT molecular complexity index is 553. The molecule has 0 fully saturated rings. The van der Waals surface area contributed by atoms with Crippen LogP contribution in [0.2, 0.25) is 5.02 Å². The summed E-state index contributed by atoms with van der Waals surface area (Å²) in [5, 5.41) is 6.50. The van der Waals surface area contributed by atoms with E-state index in [1.165, 1.54) is 0 Å². The molecule has 0 bridgehead atoms. The number of carbonyl (C=O) groups is 1. The number of halogens is 1. The number of rotatable bonds is 4. The van der Waals surface area contributed by atoms with Crippen LogP contribution in [-0.4, -0.2) is 10.9 Å². The number of thiazole rings is 1. The molecule has 5 heteroatoms. The molecule has 0 spiro atoms. The second kappa shape index (κ2) is 5.72. The molecule has 3 nitrogen and oxygen atoms in total. The van der Waals surface area contributed by atoms with Crippen molar-refractivity contribution in [2.75, 3.05) is 0 Å². The van der Waals surface area contributed by atoms with E-state index < -0.39 is 5.54 Å². The number of hydrogen-bond donors (Lipinski definition) is 1. The molecule has 0 aliphatic rings. The summed E-state index contributed by atoms with van der Waals surface area (Å²) in [6.45, 7) is 4.02. The molecule has 2 aromatic rings. The van der Waals surface area contributed by atoms with E-state index in [4.69, 9.17) is 11.6 Å². The maximum absolute atomic E-state index is 12.2. The lowest BCUT2D eigenvalue weighted by atomic mass is 9.99. The fraction of sp³-hybridized carbons (Fsp3) is 0.286. The van der Waals surface area contributed by atoms with Crippen LogP contribution in [0.1, 0.15) is 35.6 Å². The Morgan fingerprint density at radius 1 is 1.42 bits per heavy atom. The van der Waals surface area contributed by atoms with Crippen molar-refractivity contribution < 1.29 is 4.79 Å². The van der Waals surface area contributed by atoms with Gasteiger partial charge in [0.25, 0.3) is 5.91 Å². The number of nitrogens with one attached hydrogen (secondary N) is 1. The van der Waals surface area contributed by atoms with Gasteiger partial charge in [-0.15, -0.1) is 11.3 Å². The Morgan fingerprint density at radius 3 is 2.63 bits per heavy atom. The molecule has 1 amide bonds. The minimum atomic E-state index is -0.440. The maximum Gasteiger partial charge on any atom is 0.252 e. The summed E-state index contributed by atoms with van der Waals surface area (Å²) in [7, 11) is 0. The minimum absolute atomic E-state index is 0.115. The zero-order valence-electron chi connectivity index (χ0n) is 10.8. The molecular weight excluding hydrogens is 280 g/mol. The van der Waals surface area contributed by atoms with Gasteiger partial charge in [0.2, 0.25) is 0 Å². The molecule has 1 heterocycles. The second-order valence-electron chi connectivity index (χ2n) is 4.48. The van der Waals surface area contributed by atoms with E-state index in [0.717, 1.165) is 11.4 Å². The van der Waals surface area contributed by atoms with Crippen molar-refractivity contribution in [3.63, 3.8) is 0 Å². The molecule has 0 saturated heterocycles. The van der Waals surface area contributed by atoms with Crippen molar-refractivity contribution >= 4 is 28.8 Å². The topological polar surface area (TPSA) is 42.0 Å². The number of hydrogen-bond acceptors (Lipinski definition) is 3. The van der Waals surface area contributed by atoms with E-state index in [9.17, 15) is 4.79 Å². The van der Waals surface area contributed by atoms with Gasteiger partial charge < -0.3 is 5.32 Å². The van der Waals surface area contributed by atoms with Crippen LogP contribution < -0.4 is 5.32 Å². The van der Waals surface area contributed by atoms with Gasteiger partial charge in [0.05, 0.1) is 5.54 Å². The molecule has 19 heavy (non-hydrogen) atoms. The molecule has 0 saturated carbocycles. The molecule has 1 unspecified atom stereocenters. The largest absolute Gasteiger partial charge is 0.340 e. The first-order valence-corrected chi connectivity index (χ1v) is 7.29. The third-order valence-corrected chi connectivity index (χ3v) is 4.40. The monoisotopic (exact) mass is 294 g/mol. The van der Waals surface area contributed by atoms with Crippen molar-refractivity contribution in [1.82, 2.24) is 10.3 Å². The van der Waals surface area contributed by atoms with Crippen LogP contribution in [0.25, 0.3) is 0 Å². The molecule has 100 valence electrons. The molecule has 0 aliphatic carbocycles. The van der Waals surface area contributed by atoms with Gasteiger partial charge in [-0.05, 0) is 37.6 Å². The van der Waals surface area contributed by atoms with Crippen molar-refractivity contribution in [3.8, 4) is 0 Å². The summed E-state index contributed by atoms with van der Waals surface area (Å²) in [5.74, 6) is -0.115. The number of nitrogens with zero attached hydrogens (tertiary/aromatic N) is 1. The zero-order chi connectivity index (χ0) is 13.9. The molecule has 2 rings (SSSR count). The first kappa shape index (κ1) is 14.0. The summed E-state index contributed by atoms with van der Waals surface area (Å²) >= 11 is 7.37. The molecule has 1 N–H and O–H groups in total. The molecular formula is C14H15ClN2OS. The van der Waals surface area contributed by atoms with Crippen molar-refractivity contribution in [1.29, 1.82) is 0 Å². The summed E-state index contributed by atoms with van der Waals surface area (Å²) in [4.78, 5) is 16.6. The van der Waals surface area contributed by atoms with Crippen LogP contribution in [0.5, 0.6) is 0 Å². The SMILES string of the molecule is CCC(C)(NC(=O)c1ccc(Cl)cc1)c1nccs1. The summed E-state index contributed by atoms with van der Waals surface area (Å²) in [5.41, 5.74) is 0.158. The van der Waals surface area contributed by atoms with Gasteiger partial charge in [0.15, 0.2) is 0 Å². The van der Waals surface area contributed by atoms with Crippen LogP contribution in [-0.2, 0) is 5.54 Å². The predicted molar refractivity (Wildman–Crippen MR) is 78.7 cm³/mol. The molecule has 0 radical (unpaired) electrons. The average Bonchev–Trinajstić information content (AvgIpc) is 2.93. The van der Waals surface area contributed by atoms with Gasteiger partial charge >= 0.3 is 0 Å². The van der Waals surface area contributed by atoms with Crippen molar-refractivity contribution in [3.05, 3.63) is 51.4 Å². The summed E-state index contributed by atoms with van der Waals surface area (Å²) in [6, 6.07) is 6.86. The third kappa shape index (κ3) is 3.14. The van der Waals surface area contributed by atoms with Crippen LogP contribution >= 0.6 is 22.9 Å². The van der Waals surface area contributed by atoms with Crippen LogP contribution in [0, 0.1) is 0 Å². The Kier molecular flexibility index (Phi) is 4.22. The zero-order valence-corrected chi connectivity index (χ0v) is 12.4. The van der Waals surface area contributed by atoms with Gasteiger partial charge in [-0.2, -0.15) is 0 Å². The lowest BCUT2D eigenvalue weighted by Gasteiger charge is -2.27. The quantitative estimate of drug-likeness (QED) is 0.930. The number of aromatic nitrogens is 1. The van der Waals surface area contributed by atoms with Gasteiger partial charge in [0, 0.05) is 22.2 Å². The normalized spacial score (nSPS) is 13.8. The molecule has 1 aromatic heterocycles. The summed E-state index contributed by atoms with van der Waals surface area (Å²) in [6.07, 6.45) is 2.53. The fourth-order valence-electron chi connectivity index (χ4n) is 1.71. The minimum Gasteiger partial charge on any atom is -0.340 e. The maximum atomic E-state index is 12.2. The Labute approximate surface area is 121 Å². The third-order valence-electron chi connectivity index (χ3n) is 3.11. The van der Waals surface area contributed by atoms with Crippen molar-refractivity contribution in [2.45, 2.75) is 25.8 Å². The van der Waals surface area contributed by atoms with E-state index >= 15 is 0 Å². The highest BCUT2D eigenvalue weighted by molar-refractivity contribution is 7.09. The van der Waals surface area contributed by atoms with Crippen LogP contribution in [0.4, 0.5) is 0 Å². The van der Waals surface area contributed by atoms with Gasteiger partial charge in [0.1, 0.15) is 5.01 Å². The van der Waals surface area contributed by atoms with Gasteiger partial charge in [-0.25, -0.2) is 4.98 Å². The van der Waals surface area contributed by atoms with Crippen molar-refractivity contribution in [2.24, 2.45) is 0 Å². The summed E-state index contributed by atoms with van der Waals surface area (Å²) < 4.78 is 0. The molecule has 1 aromatic carbocycles. The smallest absolute Gasteiger partial charge is 0.252 e. The van der Waals surface area contributed by atoms with Crippen LogP contribution in [0.15, 0.2) is 35.8 Å². The predicted octanol–water partition coefficient (Wildman–Crippen LogP) is 3.85. The van der Waals surface area contributed by atoms with E-state index in [1.807, 2.05) is 19.2 Å². The highest BCUT2D eigenvalue weighted by atomic mass is 35.5. The van der Waals surface area contributed by atoms with E-state index in [2.05, 4.69) is 10.3 Å². The van der Waals surface area contributed by atoms with E-state index in [1.54, 1.807) is 41.8 Å². The Balaban J connectivity index is 2.19. The number of amides is 1. The standard InChI is InChI=1S/C14H15ClN2OS/c1-3-14(2,13-16-8-9-19-13)17-12(18)10-4-6-11(15)7-5-10/h4-9H,3H2,1-2H3,(H,17,18). The second-order valence-corrected chi connectivity index (χ2v) is 5.81. The highest BCUT2D eigenvalue weighted by Gasteiger charge is 2.29. The lowest BCUT2D eigenvalue weighted by molar-refractivity contribution is 0.0902. The fourth-order valence-corrected chi connectivity index (χ4v) is 2.67. The number of carbonyl (C=O) groups excluding carboxylic acids is 1. The lowest BCUT2D eigenvalue weighted by Crippen LogP contribution is -2.43. The van der Waals surface area contributed by atoms with Crippen LogP contribution in [0.3, 0.4) is 0 Å². The first-order valence-electron chi connectivity index (χ1n) is 6.03.